The second kappa shape index (κ2) is 8.39. The number of ether oxygens (including phenoxy) is 1. The molecule has 5 rings (SSSR count). The molecular formula is C20H24N5O2-. The van der Waals surface area contributed by atoms with Gasteiger partial charge in [0.05, 0.1) is 18.7 Å². The molecule has 142 valence electrons. The quantitative estimate of drug-likeness (QED) is 0.381. The highest BCUT2D eigenvalue weighted by molar-refractivity contribution is 5.83. The molecule has 1 aromatic heterocycles. The van der Waals surface area contributed by atoms with Crippen molar-refractivity contribution >= 4 is 10.9 Å². The average Bonchev–Trinajstić information content (AvgIpc) is 2.73. The summed E-state index contributed by atoms with van der Waals surface area (Å²) in [5.74, 6) is 2.01. The van der Waals surface area contributed by atoms with Crippen molar-refractivity contribution in [2.45, 2.75) is 25.0 Å². The van der Waals surface area contributed by atoms with Gasteiger partial charge in [0.15, 0.2) is 0 Å². The van der Waals surface area contributed by atoms with E-state index < -0.39 is 6.10 Å². The third-order valence-corrected chi connectivity index (χ3v) is 5.82. The number of pyridine rings is 1. The highest BCUT2D eigenvalue weighted by Crippen LogP contribution is 2.42. The van der Waals surface area contributed by atoms with Crippen LogP contribution in [0, 0.1) is 11.8 Å². The minimum atomic E-state index is -0.504. The molecule has 27 heavy (non-hydrogen) atoms. The van der Waals surface area contributed by atoms with Crippen LogP contribution in [0.15, 0.2) is 43.1 Å². The third kappa shape index (κ3) is 3.76. The van der Waals surface area contributed by atoms with Crippen molar-refractivity contribution in [2.75, 3.05) is 20.2 Å². The van der Waals surface area contributed by atoms with E-state index >= 15 is 0 Å². The fourth-order valence-electron chi connectivity index (χ4n) is 4.44. The first-order valence-electron chi connectivity index (χ1n) is 9.08. The molecular weight excluding hydrogens is 342 g/mol. The Morgan fingerprint density at radius 3 is 2.81 bits per heavy atom. The van der Waals surface area contributed by atoms with Crippen LogP contribution in [0.25, 0.3) is 26.9 Å². The molecule has 0 aliphatic carbocycles. The lowest BCUT2D eigenvalue weighted by Crippen LogP contribution is -2.54. The van der Waals surface area contributed by atoms with E-state index in [1.54, 1.807) is 13.3 Å². The predicted octanol–water partition coefficient (Wildman–Crippen LogP) is 4.04. The van der Waals surface area contributed by atoms with Gasteiger partial charge in [-0.15, -0.1) is 6.58 Å². The lowest BCUT2D eigenvalue weighted by atomic mass is 9.73. The number of benzene rings is 1. The molecule has 3 aliphatic rings. The molecule has 0 amide bonds. The van der Waals surface area contributed by atoms with Crippen molar-refractivity contribution < 1.29 is 9.84 Å². The average molecular weight is 366 g/mol. The Morgan fingerprint density at radius 2 is 2.19 bits per heavy atom. The van der Waals surface area contributed by atoms with Gasteiger partial charge < -0.3 is 20.9 Å². The van der Waals surface area contributed by atoms with E-state index in [2.05, 4.69) is 22.5 Å². The summed E-state index contributed by atoms with van der Waals surface area (Å²) in [6.07, 6.45) is 5.62. The van der Waals surface area contributed by atoms with Crippen LogP contribution in [0.5, 0.6) is 5.75 Å². The molecule has 2 aromatic rings. The van der Waals surface area contributed by atoms with Crippen molar-refractivity contribution in [1.29, 1.82) is 0 Å². The largest absolute Gasteiger partial charge is 0.497 e. The summed E-state index contributed by atoms with van der Waals surface area (Å²) in [7, 11) is 1.66. The van der Waals surface area contributed by atoms with Crippen LogP contribution in [0.2, 0.25) is 0 Å². The van der Waals surface area contributed by atoms with Crippen molar-refractivity contribution in [3.63, 3.8) is 0 Å². The number of piperidine rings is 3. The number of aromatic nitrogens is 1. The third-order valence-electron chi connectivity index (χ3n) is 5.82. The second-order valence-electron chi connectivity index (χ2n) is 7.06. The fraction of sp³-hybridized carbons (Fsp3) is 0.450. The maximum Gasteiger partial charge on any atom is 0.119 e. The Balaban J connectivity index is 0.000000659. The Bertz CT molecular complexity index is 849. The molecule has 3 fully saturated rings. The monoisotopic (exact) mass is 366 g/mol. The van der Waals surface area contributed by atoms with Crippen LogP contribution in [-0.4, -0.2) is 41.2 Å². The van der Waals surface area contributed by atoms with E-state index in [9.17, 15) is 5.11 Å². The molecule has 0 radical (unpaired) electrons. The maximum absolute atomic E-state index is 11.2. The van der Waals surface area contributed by atoms with Crippen LogP contribution in [0.3, 0.4) is 0 Å². The topological polar surface area (TPSA) is 104 Å². The summed E-state index contributed by atoms with van der Waals surface area (Å²) in [6.45, 7) is 6.07. The minimum Gasteiger partial charge on any atom is -0.497 e. The first-order valence-corrected chi connectivity index (χ1v) is 9.08. The van der Waals surface area contributed by atoms with E-state index in [1.165, 1.54) is 11.3 Å². The second-order valence-corrected chi connectivity index (χ2v) is 7.06. The van der Waals surface area contributed by atoms with Crippen LogP contribution >= 0.6 is 0 Å². The van der Waals surface area contributed by atoms with E-state index in [0.717, 1.165) is 41.7 Å². The lowest BCUT2D eigenvalue weighted by molar-refractivity contribution is -0.0444. The number of nitrogens with zero attached hydrogens (tertiary/aromatic N) is 5. The van der Waals surface area contributed by atoms with Gasteiger partial charge in [-0.2, -0.15) is 0 Å². The lowest BCUT2D eigenvalue weighted by Gasteiger charge is -2.50. The summed E-state index contributed by atoms with van der Waals surface area (Å²) in [5.41, 5.74) is 15.3. The molecule has 3 aliphatic heterocycles. The molecule has 0 spiro atoms. The molecule has 0 saturated carbocycles. The Labute approximate surface area is 158 Å². The maximum atomic E-state index is 11.2. The smallest absolute Gasteiger partial charge is 0.119 e. The van der Waals surface area contributed by atoms with Crippen LogP contribution < -0.4 is 4.74 Å². The van der Waals surface area contributed by atoms with Crippen molar-refractivity contribution in [1.82, 2.24) is 9.88 Å². The van der Waals surface area contributed by atoms with Gasteiger partial charge in [0.2, 0.25) is 0 Å². The summed E-state index contributed by atoms with van der Waals surface area (Å²) >= 11 is 0. The standard InChI is InChI=1S/C20H24N2O2.N3/c1-3-13-12-22-9-7-14(13)10-19(22)20(23)16-6-8-21-18-5-4-15(24-2)11-17(16)18;1-3-2/h3-6,8,11,13-14,19-20,23H,1,7,9-10,12H2,2H3;/q;-1/t13-,14-,19-,20+;/m0./s1. The number of rotatable bonds is 4. The molecule has 1 aromatic carbocycles. The van der Waals surface area contributed by atoms with Gasteiger partial charge in [-0.1, -0.05) is 6.08 Å². The first-order chi connectivity index (χ1) is 13.1. The van der Waals surface area contributed by atoms with Crippen molar-refractivity contribution in [3.05, 3.63) is 64.7 Å². The summed E-state index contributed by atoms with van der Waals surface area (Å²) in [6, 6.07) is 7.96. The number of aliphatic hydroxyl groups excluding tert-OH is 1. The SMILES string of the molecule is C=C[C@H]1C[N@]2CC[C@H]1C[C@H]2[C@H](O)c1ccnc2ccc(OC)cc12.[N-]=[N+]=[N-]. The first kappa shape index (κ1) is 19.2. The number of aliphatic hydroxyl groups is 1. The summed E-state index contributed by atoms with van der Waals surface area (Å²) in [4.78, 5) is 8.36. The van der Waals surface area contributed by atoms with Crippen molar-refractivity contribution in [2.24, 2.45) is 11.8 Å². The minimum absolute atomic E-state index is 0.178. The Hall–Kier alpha value is -2.60. The zero-order valence-electron chi connectivity index (χ0n) is 15.4. The normalized spacial score (nSPS) is 27.2. The van der Waals surface area contributed by atoms with E-state index in [-0.39, 0.29) is 6.04 Å². The Morgan fingerprint density at radius 1 is 1.41 bits per heavy atom. The van der Waals surface area contributed by atoms with Gasteiger partial charge in [-0.05, 0) is 61.1 Å². The summed E-state index contributed by atoms with van der Waals surface area (Å²) < 4.78 is 5.35. The van der Waals surface area contributed by atoms with Gasteiger partial charge in [-0.25, -0.2) is 0 Å². The highest BCUT2D eigenvalue weighted by atomic mass is 16.5. The predicted molar refractivity (Wildman–Crippen MR) is 105 cm³/mol. The molecule has 0 unspecified atom stereocenters. The van der Waals surface area contributed by atoms with Crippen LogP contribution in [-0.2, 0) is 0 Å². The van der Waals surface area contributed by atoms with E-state index in [4.69, 9.17) is 15.8 Å². The fourth-order valence-corrected chi connectivity index (χ4v) is 4.44. The number of fused-ring (bicyclic) bond motifs is 4. The number of methoxy groups -OCH3 is 1. The molecule has 7 nitrogen and oxygen atoms in total. The molecule has 7 heteroatoms. The van der Waals surface area contributed by atoms with Gasteiger partial charge >= 0.3 is 0 Å². The van der Waals surface area contributed by atoms with Gasteiger partial charge in [0.1, 0.15) is 5.75 Å². The Kier molecular flexibility index (Phi) is 5.96. The van der Waals surface area contributed by atoms with Gasteiger partial charge in [0.25, 0.3) is 0 Å². The van der Waals surface area contributed by atoms with Crippen LogP contribution in [0.1, 0.15) is 24.5 Å². The molecule has 1 N–H and O–H groups in total. The number of hydrogen-bond acceptors (Lipinski definition) is 4. The summed E-state index contributed by atoms with van der Waals surface area (Å²) in [5, 5.41) is 12.1. The zero-order chi connectivity index (χ0) is 19.4. The molecule has 5 atom stereocenters. The van der Waals surface area contributed by atoms with Gasteiger partial charge in [0, 0.05) is 24.2 Å². The molecule has 2 bridgehead atoms. The number of hydrogen-bond donors (Lipinski definition) is 1. The van der Waals surface area contributed by atoms with Crippen molar-refractivity contribution in [3.8, 4) is 5.75 Å². The van der Waals surface area contributed by atoms with E-state index in [1.807, 2.05) is 24.3 Å². The highest BCUT2D eigenvalue weighted by Gasteiger charge is 2.42. The van der Waals surface area contributed by atoms with Gasteiger partial charge in [-0.3, -0.25) is 14.8 Å². The van der Waals surface area contributed by atoms with E-state index in [0.29, 0.717) is 11.8 Å². The van der Waals surface area contributed by atoms with Crippen LogP contribution in [0.4, 0.5) is 0 Å². The molecule has 3 saturated heterocycles. The zero-order valence-corrected chi connectivity index (χ0v) is 15.4. The molecule has 4 heterocycles.